The number of amides is 1. The lowest BCUT2D eigenvalue weighted by Crippen LogP contribution is -2.43. The molecule has 144 valence electrons. The SMILES string of the molecule is O=C(Cn1c(=O)ccn(Cc2ccccc2)c1=O)NCCc1ccc(F)cc1. The molecule has 0 aliphatic carbocycles. The first-order valence-corrected chi connectivity index (χ1v) is 8.88. The largest absolute Gasteiger partial charge is 0.354 e. The van der Waals surface area contributed by atoms with Crippen LogP contribution in [0.15, 0.2) is 76.4 Å². The van der Waals surface area contributed by atoms with Crippen LogP contribution >= 0.6 is 0 Å². The van der Waals surface area contributed by atoms with Gasteiger partial charge in [-0.1, -0.05) is 42.5 Å². The smallest absolute Gasteiger partial charge is 0.331 e. The Morgan fingerprint density at radius 2 is 1.64 bits per heavy atom. The summed E-state index contributed by atoms with van der Waals surface area (Å²) < 4.78 is 15.2. The van der Waals surface area contributed by atoms with Crippen LogP contribution in [-0.4, -0.2) is 21.6 Å². The van der Waals surface area contributed by atoms with Gasteiger partial charge in [-0.25, -0.2) is 9.18 Å². The van der Waals surface area contributed by atoms with Crippen molar-refractivity contribution in [2.75, 3.05) is 6.54 Å². The quantitative estimate of drug-likeness (QED) is 0.675. The van der Waals surface area contributed by atoms with Crippen molar-refractivity contribution in [3.05, 3.63) is 105 Å². The van der Waals surface area contributed by atoms with Crippen LogP contribution in [0.2, 0.25) is 0 Å². The molecule has 1 amide bonds. The molecule has 3 rings (SSSR count). The van der Waals surface area contributed by atoms with Gasteiger partial charge in [0.2, 0.25) is 5.91 Å². The first-order chi connectivity index (χ1) is 13.5. The lowest BCUT2D eigenvalue weighted by Gasteiger charge is -2.10. The predicted molar refractivity (Wildman–Crippen MR) is 104 cm³/mol. The van der Waals surface area contributed by atoms with Gasteiger partial charge in [0.1, 0.15) is 12.4 Å². The van der Waals surface area contributed by atoms with E-state index >= 15 is 0 Å². The maximum absolute atomic E-state index is 12.9. The van der Waals surface area contributed by atoms with Gasteiger partial charge < -0.3 is 5.32 Å². The zero-order valence-electron chi connectivity index (χ0n) is 15.2. The molecule has 0 atom stereocenters. The number of hydrogen-bond acceptors (Lipinski definition) is 3. The molecule has 2 aromatic carbocycles. The van der Waals surface area contributed by atoms with Crippen LogP contribution in [0.25, 0.3) is 0 Å². The van der Waals surface area contributed by atoms with Gasteiger partial charge in [-0.3, -0.25) is 18.7 Å². The van der Waals surface area contributed by atoms with Crippen molar-refractivity contribution in [2.45, 2.75) is 19.5 Å². The van der Waals surface area contributed by atoms with Crippen LogP contribution in [0.3, 0.4) is 0 Å². The van der Waals surface area contributed by atoms with E-state index in [4.69, 9.17) is 0 Å². The van der Waals surface area contributed by atoms with Crippen LogP contribution < -0.4 is 16.6 Å². The average molecular weight is 381 g/mol. The van der Waals surface area contributed by atoms with Gasteiger partial charge >= 0.3 is 5.69 Å². The van der Waals surface area contributed by atoms with Crippen LogP contribution in [0.4, 0.5) is 4.39 Å². The van der Waals surface area contributed by atoms with Crippen molar-refractivity contribution in [1.82, 2.24) is 14.5 Å². The summed E-state index contributed by atoms with van der Waals surface area (Å²) in [5, 5.41) is 2.68. The number of carbonyl (C=O) groups is 1. The van der Waals surface area contributed by atoms with E-state index in [9.17, 15) is 18.8 Å². The summed E-state index contributed by atoms with van der Waals surface area (Å²) >= 11 is 0. The summed E-state index contributed by atoms with van der Waals surface area (Å²) in [7, 11) is 0. The topological polar surface area (TPSA) is 73.1 Å². The van der Waals surface area contributed by atoms with Crippen molar-refractivity contribution in [3.63, 3.8) is 0 Å². The number of halogens is 1. The minimum absolute atomic E-state index is 0.312. The number of nitrogens with one attached hydrogen (secondary N) is 1. The lowest BCUT2D eigenvalue weighted by molar-refractivity contribution is -0.121. The summed E-state index contributed by atoms with van der Waals surface area (Å²) in [6, 6.07) is 16.6. The van der Waals surface area contributed by atoms with E-state index in [1.807, 2.05) is 30.3 Å². The van der Waals surface area contributed by atoms with Gasteiger partial charge in [-0.15, -0.1) is 0 Å². The molecule has 0 saturated carbocycles. The summed E-state index contributed by atoms with van der Waals surface area (Å²) in [6.07, 6.45) is 1.95. The standard InChI is InChI=1S/C21H20FN3O3/c22-18-8-6-16(7-9-18)10-12-23-19(26)15-25-20(27)11-13-24(21(25)28)14-17-4-2-1-3-5-17/h1-9,11,13H,10,12,14-15H2,(H,23,26). The van der Waals surface area contributed by atoms with Gasteiger partial charge in [0.05, 0.1) is 6.54 Å². The Morgan fingerprint density at radius 3 is 2.36 bits per heavy atom. The third-order valence-corrected chi connectivity index (χ3v) is 4.29. The van der Waals surface area contributed by atoms with Crippen molar-refractivity contribution in [1.29, 1.82) is 0 Å². The number of benzene rings is 2. The molecule has 1 heterocycles. The van der Waals surface area contributed by atoms with E-state index in [1.165, 1.54) is 29.0 Å². The monoisotopic (exact) mass is 381 g/mol. The van der Waals surface area contributed by atoms with Crippen LogP contribution in [-0.2, 0) is 24.3 Å². The van der Waals surface area contributed by atoms with Crippen molar-refractivity contribution in [2.24, 2.45) is 0 Å². The average Bonchev–Trinajstić information content (AvgIpc) is 2.70. The fourth-order valence-electron chi connectivity index (χ4n) is 2.80. The van der Waals surface area contributed by atoms with Gasteiger partial charge in [0.15, 0.2) is 0 Å². The van der Waals surface area contributed by atoms with Crippen LogP contribution in [0.1, 0.15) is 11.1 Å². The Balaban J connectivity index is 1.63. The number of carbonyl (C=O) groups excluding carboxylic acids is 1. The molecule has 0 aliphatic heterocycles. The maximum Gasteiger partial charge on any atom is 0.331 e. The van der Waals surface area contributed by atoms with Crippen molar-refractivity contribution >= 4 is 5.91 Å². The van der Waals surface area contributed by atoms with Gasteiger partial charge in [0.25, 0.3) is 5.56 Å². The molecule has 7 heteroatoms. The number of nitrogens with zero attached hydrogens (tertiary/aromatic N) is 2. The molecule has 28 heavy (non-hydrogen) atoms. The van der Waals surface area contributed by atoms with Crippen LogP contribution in [0, 0.1) is 5.82 Å². The van der Waals surface area contributed by atoms with Crippen LogP contribution in [0.5, 0.6) is 0 Å². The molecule has 0 spiro atoms. The molecule has 0 aliphatic rings. The first-order valence-electron chi connectivity index (χ1n) is 8.88. The first kappa shape index (κ1) is 19.3. The number of rotatable bonds is 7. The van der Waals surface area contributed by atoms with E-state index in [0.717, 1.165) is 15.7 Å². The molecule has 1 N–H and O–H groups in total. The minimum atomic E-state index is -0.537. The highest BCUT2D eigenvalue weighted by atomic mass is 19.1. The zero-order chi connectivity index (χ0) is 19.9. The second kappa shape index (κ2) is 8.94. The molecular formula is C21H20FN3O3. The van der Waals surface area contributed by atoms with Gasteiger partial charge in [-0.05, 0) is 29.7 Å². The Morgan fingerprint density at radius 1 is 0.929 bits per heavy atom. The molecule has 0 saturated heterocycles. The van der Waals surface area contributed by atoms with Crippen molar-refractivity contribution < 1.29 is 9.18 Å². The van der Waals surface area contributed by atoms with Gasteiger partial charge in [-0.2, -0.15) is 0 Å². The Labute approximate surface area is 160 Å². The maximum atomic E-state index is 12.9. The molecule has 3 aromatic rings. The lowest BCUT2D eigenvalue weighted by atomic mass is 10.1. The second-order valence-electron chi connectivity index (χ2n) is 6.36. The normalized spacial score (nSPS) is 10.6. The summed E-state index contributed by atoms with van der Waals surface area (Å²) in [4.78, 5) is 36.8. The third kappa shape index (κ3) is 5.03. The fourth-order valence-corrected chi connectivity index (χ4v) is 2.80. The highest BCUT2D eigenvalue weighted by molar-refractivity contribution is 5.75. The number of hydrogen-bond donors (Lipinski definition) is 1. The highest BCUT2D eigenvalue weighted by Crippen LogP contribution is 2.03. The molecule has 0 radical (unpaired) electrons. The molecule has 1 aromatic heterocycles. The third-order valence-electron chi connectivity index (χ3n) is 4.29. The highest BCUT2D eigenvalue weighted by Gasteiger charge is 2.10. The van der Waals surface area contributed by atoms with E-state index in [1.54, 1.807) is 12.1 Å². The summed E-state index contributed by atoms with van der Waals surface area (Å²) in [6.45, 7) is 0.285. The predicted octanol–water partition coefficient (Wildman–Crippen LogP) is 1.56. The Hall–Kier alpha value is -3.48. The second-order valence-corrected chi connectivity index (χ2v) is 6.36. The van der Waals surface area contributed by atoms with Gasteiger partial charge in [0, 0.05) is 18.8 Å². The van der Waals surface area contributed by atoms with E-state index < -0.39 is 17.2 Å². The van der Waals surface area contributed by atoms with E-state index in [-0.39, 0.29) is 12.4 Å². The molecule has 0 fully saturated rings. The molecule has 0 unspecified atom stereocenters. The molecule has 6 nitrogen and oxygen atoms in total. The minimum Gasteiger partial charge on any atom is -0.354 e. The molecule has 0 bridgehead atoms. The number of aromatic nitrogens is 2. The molecular weight excluding hydrogens is 361 g/mol. The summed E-state index contributed by atoms with van der Waals surface area (Å²) in [5.41, 5.74) is 0.732. The Kier molecular flexibility index (Phi) is 6.16. The summed E-state index contributed by atoms with van der Waals surface area (Å²) in [5.74, 6) is -0.748. The Bertz CT molecular complexity index is 1060. The van der Waals surface area contributed by atoms with E-state index in [2.05, 4.69) is 5.32 Å². The van der Waals surface area contributed by atoms with E-state index in [0.29, 0.717) is 19.5 Å². The fraction of sp³-hybridized carbons (Fsp3) is 0.190. The van der Waals surface area contributed by atoms with Crippen molar-refractivity contribution in [3.8, 4) is 0 Å². The zero-order valence-corrected chi connectivity index (χ0v) is 15.2.